The minimum Gasteiger partial charge on any atom is -0.488 e. The molecule has 0 radical (unpaired) electrons. The van der Waals surface area contributed by atoms with Crippen LogP contribution < -0.4 is 14.9 Å². The van der Waals surface area contributed by atoms with Gasteiger partial charge >= 0.3 is 0 Å². The van der Waals surface area contributed by atoms with Crippen molar-refractivity contribution in [1.82, 2.24) is 5.43 Å². The van der Waals surface area contributed by atoms with E-state index >= 15 is 0 Å². The van der Waals surface area contributed by atoms with E-state index < -0.39 is 11.7 Å². The molecule has 0 aliphatic carbocycles. The first kappa shape index (κ1) is 19.1. The van der Waals surface area contributed by atoms with Gasteiger partial charge in [0.2, 0.25) is 0 Å². The van der Waals surface area contributed by atoms with Crippen molar-refractivity contribution in [2.75, 3.05) is 6.61 Å². The Balaban J connectivity index is 1.52. The van der Waals surface area contributed by atoms with E-state index in [0.29, 0.717) is 17.9 Å². The Morgan fingerprint density at radius 3 is 2.36 bits per heavy atom. The first-order valence-corrected chi connectivity index (χ1v) is 8.67. The summed E-state index contributed by atoms with van der Waals surface area (Å²) in [4.78, 5) is 11.8. The molecule has 0 saturated carbocycles. The van der Waals surface area contributed by atoms with Crippen molar-refractivity contribution < 1.29 is 18.7 Å². The van der Waals surface area contributed by atoms with E-state index in [2.05, 4.69) is 10.5 Å². The summed E-state index contributed by atoms with van der Waals surface area (Å²) in [5.41, 5.74) is 4.11. The summed E-state index contributed by atoms with van der Waals surface area (Å²) in [6.45, 7) is 0.0823. The molecule has 3 aromatic carbocycles. The molecular weight excluding hydrogens is 359 g/mol. The smallest absolute Gasteiger partial charge is 0.277 e. The maximum Gasteiger partial charge on any atom is 0.277 e. The molecule has 1 N–H and O–H groups in total. The summed E-state index contributed by atoms with van der Waals surface area (Å²) in [5.74, 6) is -0.362. The number of rotatable bonds is 8. The maximum absolute atomic E-state index is 13.5. The number of nitrogens with zero attached hydrogens (tertiary/aromatic N) is 1. The molecule has 0 spiro atoms. The lowest BCUT2D eigenvalue weighted by molar-refractivity contribution is -0.123. The highest BCUT2D eigenvalue weighted by Crippen LogP contribution is 2.18. The Morgan fingerprint density at radius 2 is 1.57 bits per heavy atom. The average molecular weight is 378 g/mol. The van der Waals surface area contributed by atoms with Gasteiger partial charge in [-0.15, -0.1) is 0 Å². The molecule has 0 fully saturated rings. The highest BCUT2D eigenvalue weighted by molar-refractivity contribution is 5.85. The number of halogens is 1. The second-order valence-corrected chi connectivity index (χ2v) is 5.82. The van der Waals surface area contributed by atoms with Crippen LogP contribution in [0.3, 0.4) is 0 Å². The first-order chi connectivity index (χ1) is 13.7. The molecular formula is C22H19FN2O3. The molecule has 3 aromatic rings. The quantitative estimate of drug-likeness (QED) is 0.477. The zero-order valence-corrected chi connectivity index (χ0v) is 15.0. The molecule has 5 nitrogen and oxygen atoms in total. The number of amides is 1. The lowest BCUT2D eigenvalue weighted by Crippen LogP contribution is -2.24. The monoisotopic (exact) mass is 378 g/mol. The molecule has 0 aliphatic heterocycles. The van der Waals surface area contributed by atoms with Crippen LogP contribution in [0.15, 0.2) is 84.0 Å². The summed E-state index contributed by atoms with van der Waals surface area (Å²) >= 11 is 0. The van der Waals surface area contributed by atoms with Gasteiger partial charge < -0.3 is 9.47 Å². The fourth-order valence-corrected chi connectivity index (χ4v) is 2.37. The number of ether oxygens (including phenoxy) is 2. The zero-order valence-electron chi connectivity index (χ0n) is 15.0. The molecule has 0 saturated heterocycles. The van der Waals surface area contributed by atoms with Crippen LogP contribution >= 0.6 is 0 Å². The summed E-state index contributed by atoms with van der Waals surface area (Å²) in [5, 5.41) is 3.91. The Labute approximate surface area is 162 Å². The number of hydrazone groups is 1. The summed E-state index contributed by atoms with van der Waals surface area (Å²) in [6.07, 6.45) is 1.49. The average Bonchev–Trinajstić information content (AvgIpc) is 2.73. The van der Waals surface area contributed by atoms with Gasteiger partial charge in [0.25, 0.3) is 5.91 Å². The molecule has 142 valence electrons. The number of carbonyl (C=O) groups excluding carboxylic acids is 1. The van der Waals surface area contributed by atoms with Crippen LogP contribution in [0.5, 0.6) is 11.5 Å². The Bertz CT molecular complexity index is 945. The number of nitrogens with one attached hydrogen (secondary N) is 1. The number of benzene rings is 3. The van der Waals surface area contributed by atoms with Crippen LogP contribution in [-0.2, 0) is 11.4 Å². The Kier molecular flexibility index (Phi) is 6.73. The molecule has 0 aromatic heterocycles. The van der Waals surface area contributed by atoms with Gasteiger partial charge in [0, 0.05) is 5.56 Å². The van der Waals surface area contributed by atoms with Gasteiger partial charge in [-0.3, -0.25) is 4.79 Å². The zero-order chi connectivity index (χ0) is 19.6. The molecule has 0 aliphatic rings. The number of hydrogen-bond donors (Lipinski definition) is 1. The Hall–Kier alpha value is -3.67. The normalized spacial score (nSPS) is 10.6. The van der Waals surface area contributed by atoms with E-state index in [-0.39, 0.29) is 12.4 Å². The summed E-state index contributed by atoms with van der Waals surface area (Å²) in [7, 11) is 0. The van der Waals surface area contributed by atoms with Crippen LogP contribution in [0.1, 0.15) is 11.1 Å². The van der Waals surface area contributed by atoms with Crippen molar-refractivity contribution in [2.45, 2.75) is 6.61 Å². The van der Waals surface area contributed by atoms with Crippen molar-refractivity contribution in [1.29, 1.82) is 0 Å². The van der Waals surface area contributed by atoms with Crippen LogP contribution in [0.2, 0.25) is 0 Å². The minimum absolute atomic E-state index is 0.0151. The van der Waals surface area contributed by atoms with Gasteiger partial charge in [0.15, 0.2) is 18.2 Å². The second kappa shape index (κ2) is 9.87. The fourth-order valence-electron chi connectivity index (χ4n) is 2.37. The highest BCUT2D eigenvalue weighted by atomic mass is 19.1. The van der Waals surface area contributed by atoms with E-state index in [1.807, 2.05) is 54.6 Å². The molecule has 0 bridgehead atoms. The molecule has 0 heterocycles. The maximum atomic E-state index is 13.5. The lowest BCUT2D eigenvalue weighted by atomic mass is 10.2. The molecule has 28 heavy (non-hydrogen) atoms. The number of para-hydroxylation sites is 2. The third-order valence-electron chi connectivity index (χ3n) is 3.74. The number of hydrogen-bond acceptors (Lipinski definition) is 4. The van der Waals surface area contributed by atoms with Crippen molar-refractivity contribution in [3.8, 4) is 11.5 Å². The SMILES string of the molecule is O=C(COc1ccccc1F)N/N=C/c1ccccc1OCc1ccccc1. The van der Waals surface area contributed by atoms with E-state index in [4.69, 9.17) is 9.47 Å². The number of carbonyl (C=O) groups is 1. The predicted molar refractivity (Wildman–Crippen MR) is 105 cm³/mol. The largest absolute Gasteiger partial charge is 0.488 e. The first-order valence-electron chi connectivity index (χ1n) is 8.67. The minimum atomic E-state index is -0.525. The van der Waals surface area contributed by atoms with E-state index in [0.717, 1.165) is 5.56 Å². The molecule has 6 heteroatoms. The second-order valence-electron chi connectivity index (χ2n) is 5.82. The fraction of sp³-hybridized carbons (Fsp3) is 0.0909. The van der Waals surface area contributed by atoms with E-state index in [9.17, 15) is 9.18 Å². The van der Waals surface area contributed by atoms with Crippen LogP contribution in [0.4, 0.5) is 4.39 Å². The van der Waals surface area contributed by atoms with Crippen LogP contribution in [0.25, 0.3) is 0 Å². The third-order valence-corrected chi connectivity index (χ3v) is 3.74. The van der Waals surface area contributed by atoms with Gasteiger partial charge in [-0.1, -0.05) is 54.6 Å². The van der Waals surface area contributed by atoms with Crippen molar-refractivity contribution in [2.24, 2.45) is 5.10 Å². The predicted octanol–water partition coefficient (Wildman–Crippen LogP) is 3.93. The van der Waals surface area contributed by atoms with Crippen LogP contribution in [-0.4, -0.2) is 18.7 Å². The topological polar surface area (TPSA) is 59.9 Å². The van der Waals surface area contributed by atoms with E-state index in [1.54, 1.807) is 12.1 Å². The molecule has 3 rings (SSSR count). The third kappa shape index (κ3) is 5.67. The standard InChI is InChI=1S/C22H19FN2O3/c23-19-11-5-7-13-21(19)28-16-22(26)25-24-14-18-10-4-6-12-20(18)27-15-17-8-2-1-3-9-17/h1-14H,15-16H2,(H,25,26)/b24-14+. The molecule has 0 unspecified atom stereocenters. The van der Waals surface area contributed by atoms with Gasteiger partial charge in [0.1, 0.15) is 12.4 Å². The van der Waals surface area contributed by atoms with Gasteiger partial charge in [-0.2, -0.15) is 5.10 Å². The highest BCUT2D eigenvalue weighted by Gasteiger charge is 2.06. The molecule has 0 atom stereocenters. The Morgan fingerprint density at radius 1 is 0.893 bits per heavy atom. The van der Waals surface area contributed by atoms with Gasteiger partial charge in [-0.25, -0.2) is 9.82 Å². The van der Waals surface area contributed by atoms with Crippen molar-refractivity contribution >= 4 is 12.1 Å². The van der Waals surface area contributed by atoms with E-state index in [1.165, 1.54) is 18.3 Å². The summed E-state index contributed by atoms with van der Waals surface area (Å²) < 4.78 is 24.4. The lowest BCUT2D eigenvalue weighted by Gasteiger charge is -2.09. The van der Waals surface area contributed by atoms with Gasteiger partial charge in [-0.05, 0) is 29.8 Å². The van der Waals surface area contributed by atoms with Crippen LogP contribution in [0, 0.1) is 5.82 Å². The van der Waals surface area contributed by atoms with Crippen molar-refractivity contribution in [3.05, 3.63) is 95.8 Å². The molecule has 1 amide bonds. The van der Waals surface area contributed by atoms with Crippen molar-refractivity contribution in [3.63, 3.8) is 0 Å². The van der Waals surface area contributed by atoms with Gasteiger partial charge in [0.05, 0.1) is 6.21 Å². The summed E-state index contributed by atoms with van der Waals surface area (Å²) in [6, 6.07) is 23.0.